The fourth-order valence-electron chi connectivity index (χ4n) is 3.46. The summed E-state index contributed by atoms with van der Waals surface area (Å²) in [6.07, 6.45) is 0. The van der Waals surface area contributed by atoms with Crippen LogP contribution in [0, 0.1) is 0 Å². The van der Waals surface area contributed by atoms with Crippen LogP contribution in [0.2, 0.25) is 0 Å². The van der Waals surface area contributed by atoms with Gasteiger partial charge in [-0.25, -0.2) is 0 Å². The van der Waals surface area contributed by atoms with Gasteiger partial charge >= 0.3 is 26.2 Å². The van der Waals surface area contributed by atoms with Gasteiger partial charge in [-0.05, 0) is 10.8 Å². The van der Waals surface area contributed by atoms with E-state index in [9.17, 15) is 0 Å². The number of rotatable bonds is 2. The number of hydrogen-bond acceptors (Lipinski definition) is 0. The Hall–Kier alpha value is -1.40. The van der Waals surface area contributed by atoms with Gasteiger partial charge in [-0.15, -0.1) is 59.7 Å². The second-order valence-electron chi connectivity index (χ2n) is 10.0. The van der Waals surface area contributed by atoms with Crippen molar-refractivity contribution in [2.75, 3.05) is 0 Å². The van der Waals surface area contributed by atoms with E-state index in [0.717, 1.165) is 0 Å². The van der Waals surface area contributed by atoms with Crippen molar-refractivity contribution < 1.29 is 51.0 Å². The van der Waals surface area contributed by atoms with Crippen molar-refractivity contribution in [3.05, 3.63) is 108 Å². The maximum atomic E-state index is 2.24. The Morgan fingerprint density at radius 3 is 0.909 bits per heavy atom. The van der Waals surface area contributed by atoms with Gasteiger partial charge in [-0.2, -0.15) is 24.3 Å². The molecule has 0 saturated heterocycles. The summed E-state index contributed by atoms with van der Waals surface area (Å²) in [7, 11) is 0. The molecule has 0 bridgehead atoms. The van der Waals surface area contributed by atoms with Gasteiger partial charge in [0.15, 0.2) is 0 Å². The Balaban J connectivity index is 0.000000569. The molecule has 0 aliphatic rings. The van der Waals surface area contributed by atoms with Crippen molar-refractivity contribution in [1.29, 1.82) is 0 Å². The largest absolute Gasteiger partial charge is 4.00 e. The summed E-state index contributed by atoms with van der Waals surface area (Å²) in [4.78, 5) is 0. The number of benzene rings is 2. The van der Waals surface area contributed by atoms with Crippen LogP contribution in [-0.2, 0) is 37.0 Å². The van der Waals surface area contributed by atoms with Crippen LogP contribution >= 0.6 is 0 Å². The molecule has 33 heavy (non-hydrogen) atoms. The molecule has 0 heterocycles. The molecule has 4 aromatic rings. The van der Waals surface area contributed by atoms with Gasteiger partial charge in [0.1, 0.15) is 0 Å². The first-order chi connectivity index (χ1) is 14.1. The summed E-state index contributed by atoms with van der Waals surface area (Å²) in [5, 5.41) is 0. The van der Waals surface area contributed by atoms with E-state index in [1.807, 2.05) is 0 Å². The molecule has 0 nitrogen and oxygen atoms in total. The second-order valence-corrected chi connectivity index (χ2v) is 10.0. The fourth-order valence-corrected chi connectivity index (χ4v) is 3.46. The molecule has 0 radical (unpaired) electrons. The molecule has 0 atom stereocenters. The van der Waals surface area contributed by atoms with Crippen LogP contribution in [0.25, 0.3) is 22.3 Å². The third-order valence-corrected chi connectivity index (χ3v) is 5.49. The third-order valence-electron chi connectivity index (χ3n) is 5.49. The Labute approximate surface area is 232 Å². The van der Waals surface area contributed by atoms with Gasteiger partial charge in [0, 0.05) is 0 Å². The molecule has 0 amide bonds. The molecule has 0 aliphatic carbocycles. The topological polar surface area (TPSA) is 0 Å². The van der Waals surface area contributed by atoms with Crippen molar-refractivity contribution in [3.63, 3.8) is 0 Å². The van der Waals surface area contributed by atoms with Crippen molar-refractivity contribution in [2.24, 2.45) is 0 Å². The van der Waals surface area contributed by atoms with Crippen molar-refractivity contribution in [2.45, 2.75) is 52.4 Å². The Kier molecular flexibility index (Phi) is 12.9. The monoisotopic (exact) mass is 554 g/mol. The zero-order valence-corrected chi connectivity index (χ0v) is 24.5. The van der Waals surface area contributed by atoms with Crippen LogP contribution in [0.5, 0.6) is 0 Å². The van der Waals surface area contributed by atoms with Gasteiger partial charge in [-0.1, -0.05) is 88.1 Å². The molecule has 0 unspecified atom stereocenters. The van der Waals surface area contributed by atoms with Crippen molar-refractivity contribution in [3.8, 4) is 22.3 Å². The molecule has 0 saturated carbocycles. The van der Waals surface area contributed by atoms with Gasteiger partial charge in [0.2, 0.25) is 0 Å². The summed E-state index contributed by atoms with van der Waals surface area (Å²) >= 11 is 0. The molecule has 0 aromatic heterocycles. The molecule has 0 spiro atoms. The first kappa shape index (κ1) is 31.6. The average Bonchev–Trinajstić information content (AvgIpc) is 3.42. The molecule has 172 valence electrons. The van der Waals surface area contributed by atoms with Crippen molar-refractivity contribution >= 4 is 0 Å². The summed E-state index contributed by atoms with van der Waals surface area (Å²) in [6, 6.07) is 34.6. The van der Waals surface area contributed by atoms with Gasteiger partial charge in [-0.3, -0.25) is 0 Å². The molecule has 4 rings (SSSR count). The van der Waals surface area contributed by atoms with E-state index in [1.54, 1.807) is 0 Å². The SMILES string of the molecule is CC(C)(C)c1ccc(-[c-]2cccc2)cc1.CC(C)(C)c1ccc(-[c-]2cccc2)cc1.[Cl-].[Cl-].[Zr+4]. The maximum Gasteiger partial charge on any atom is 4.00 e. The normalized spacial score (nSPS) is 10.6. The molecule has 3 heteroatoms. The van der Waals surface area contributed by atoms with Gasteiger partial charge in [0.25, 0.3) is 0 Å². The van der Waals surface area contributed by atoms with Crippen LogP contribution in [0.15, 0.2) is 97.1 Å². The van der Waals surface area contributed by atoms with Gasteiger partial charge in [0.05, 0.1) is 0 Å². The Morgan fingerprint density at radius 1 is 0.455 bits per heavy atom. The molecule has 4 aromatic carbocycles. The zero-order valence-electron chi connectivity index (χ0n) is 20.5. The van der Waals surface area contributed by atoms with Crippen LogP contribution < -0.4 is 24.8 Å². The summed E-state index contributed by atoms with van der Waals surface area (Å²) in [5.74, 6) is 0. The molecular weight excluding hydrogens is 522 g/mol. The minimum absolute atomic E-state index is 0. The minimum Gasteiger partial charge on any atom is -1.00 e. The molecule has 0 fully saturated rings. The average molecular weight is 557 g/mol. The molecule has 0 aliphatic heterocycles. The van der Waals surface area contributed by atoms with E-state index in [1.165, 1.54) is 33.4 Å². The minimum atomic E-state index is 0. The predicted molar refractivity (Wildman–Crippen MR) is 132 cm³/mol. The maximum absolute atomic E-state index is 2.24. The summed E-state index contributed by atoms with van der Waals surface area (Å²) < 4.78 is 0. The van der Waals surface area contributed by atoms with Crippen LogP contribution in [0.4, 0.5) is 0 Å². The first-order valence-electron chi connectivity index (χ1n) is 10.8. The van der Waals surface area contributed by atoms with E-state index in [4.69, 9.17) is 0 Å². The van der Waals surface area contributed by atoms with Crippen LogP contribution in [0.3, 0.4) is 0 Å². The fraction of sp³-hybridized carbons (Fsp3) is 0.267. The Morgan fingerprint density at radius 2 is 0.697 bits per heavy atom. The molecule has 0 N–H and O–H groups in total. The van der Waals surface area contributed by atoms with Crippen LogP contribution in [-0.4, -0.2) is 0 Å². The smallest absolute Gasteiger partial charge is 1.00 e. The van der Waals surface area contributed by atoms with E-state index in [-0.39, 0.29) is 61.8 Å². The van der Waals surface area contributed by atoms with Crippen LogP contribution in [0.1, 0.15) is 52.7 Å². The third kappa shape index (κ3) is 9.05. The standard InChI is InChI=1S/2C15H17.2ClH.Zr/c2*1-15(2,3)14-10-8-13(9-11-14)12-6-4-5-7-12;;;/h2*4-11H,1-3H3;2*1H;/q2*-1;;;+4/p-2. The predicted octanol–water partition coefficient (Wildman–Crippen LogP) is 2.75. The Bertz CT molecular complexity index is 925. The number of halogens is 2. The quantitative estimate of drug-likeness (QED) is 0.333. The summed E-state index contributed by atoms with van der Waals surface area (Å²) in [5.41, 5.74) is 8.46. The van der Waals surface area contributed by atoms with Gasteiger partial charge < -0.3 is 24.8 Å². The second kappa shape index (κ2) is 13.5. The van der Waals surface area contributed by atoms with Crippen molar-refractivity contribution in [1.82, 2.24) is 0 Å². The van der Waals surface area contributed by atoms with E-state index < -0.39 is 0 Å². The van der Waals surface area contributed by atoms with E-state index in [2.05, 4.69) is 139 Å². The summed E-state index contributed by atoms with van der Waals surface area (Å²) in [6.45, 7) is 13.4. The number of hydrogen-bond donors (Lipinski definition) is 0. The first-order valence-corrected chi connectivity index (χ1v) is 10.8. The van der Waals surface area contributed by atoms with E-state index in [0.29, 0.717) is 0 Å². The van der Waals surface area contributed by atoms with E-state index >= 15 is 0 Å². The zero-order chi connectivity index (χ0) is 21.8. The molecular formula is C30H34Cl2Zr.